The molecule has 0 atom stereocenters. The van der Waals surface area contributed by atoms with Gasteiger partial charge in [0.1, 0.15) is 0 Å². The molecule has 0 aliphatic carbocycles. The Morgan fingerprint density at radius 2 is 1.87 bits per heavy atom. The van der Waals surface area contributed by atoms with Gasteiger partial charge in [0, 0.05) is 29.4 Å². The maximum Gasteiger partial charge on any atom is 0.259 e. The molecule has 3 rings (SSSR count). The molecule has 23 heavy (non-hydrogen) atoms. The van der Waals surface area contributed by atoms with Crippen LogP contribution in [0.4, 0.5) is 5.69 Å². The summed E-state index contributed by atoms with van der Waals surface area (Å²) < 4.78 is 1.72. The normalized spacial score (nSPS) is 10.8. The highest BCUT2D eigenvalue weighted by molar-refractivity contribution is 7.09. The number of amides is 1. The number of nitrogens with one attached hydrogen (secondary N) is 1. The molecule has 1 aromatic carbocycles. The van der Waals surface area contributed by atoms with Gasteiger partial charge in [-0.2, -0.15) is 5.10 Å². The zero-order chi connectivity index (χ0) is 16.6. The minimum atomic E-state index is -0.134. The Balaban J connectivity index is 1.79. The van der Waals surface area contributed by atoms with Crippen molar-refractivity contribution in [3.8, 4) is 11.3 Å². The fraction of sp³-hybridized carbons (Fsp3) is 0.235. The molecule has 6 heteroatoms. The van der Waals surface area contributed by atoms with Crippen molar-refractivity contribution < 1.29 is 4.79 Å². The van der Waals surface area contributed by atoms with E-state index in [0.29, 0.717) is 5.56 Å². The summed E-state index contributed by atoms with van der Waals surface area (Å²) in [7, 11) is 1.84. The van der Waals surface area contributed by atoms with Crippen LogP contribution in [0.15, 0.2) is 29.6 Å². The van der Waals surface area contributed by atoms with Crippen LogP contribution in [0.25, 0.3) is 11.3 Å². The lowest BCUT2D eigenvalue weighted by molar-refractivity contribution is 0.102. The SMILES string of the molecule is Cc1nc(-c2ccc(NC(=O)c3c(C)nn(C)c3C)cc2)cs1. The molecule has 3 aromatic rings. The number of carbonyl (C=O) groups is 1. The maximum absolute atomic E-state index is 12.5. The third kappa shape index (κ3) is 3.03. The summed E-state index contributed by atoms with van der Waals surface area (Å²) in [6.07, 6.45) is 0. The summed E-state index contributed by atoms with van der Waals surface area (Å²) in [5.41, 5.74) is 4.98. The monoisotopic (exact) mass is 326 g/mol. The average Bonchev–Trinajstić information content (AvgIpc) is 3.04. The Morgan fingerprint density at radius 1 is 1.17 bits per heavy atom. The molecule has 1 amide bonds. The Kier molecular flexibility index (Phi) is 4.00. The highest BCUT2D eigenvalue weighted by atomic mass is 32.1. The van der Waals surface area contributed by atoms with E-state index in [1.165, 1.54) is 0 Å². The van der Waals surface area contributed by atoms with Crippen LogP contribution in [0.3, 0.4) is 0 Å². The van der Waals surface area contributed by atoms with E-state index in [0.717, 1.165) is 33.3 Å². The first-order chi connectivity index (χ1) is 11.0. The Bertz CT molecular complexity index is 861. The molecule has 0 saturated heterocycles. The summed E-state index contributed by atoms with van der Waals surface area (Å²) in [6, 6.07) is 7.71. The number of benzene rings is 1. The molecule has 0 saturated carbocycles. The predicted molar refractivity (Wildman–Crippen MR) is 92.9 cm³/mol. The molecule has 0 spiro atoms. The number of carbonyl (C=O) groups excluding carboxylic acids is 1. The highest BCUT2D eigenvalue weighted by Crippen LogP contribution is 2.23. The molecule has 0 aliphatic rings. The van der Waals surface area contributed by atoms with Gasteiger partial charge in [0.15, 0.2) is 0 Å². The van der Waals surface area contributed by atoms with Crippen molar-refractivity contribution in [1.29, 1.82) is 0 Å². The zero-order valence-corrected chi connectivity index (χ0v) is 14.4. The smallest absolute Gasteiger partial charge is 0.259 e. The zero-order valence-electron chi connectivity index (χ0n) is 13.5. The molecule has 0 aliphatic heterocycles. The number of aryl methyl sites for hydroxylation is 3. The van der Waals surface area contributed by atoms with Crippen molar-refractivity contribution in [3.05, 3.63) is 51.6 Å². The third-order valence-electron chi connectivity index (χ3n) is 3.79. The third-order valence-corrected chi connectivity index (χ3v) is 4.57. The van der Waals surface area contributed by atoms with Gasteiger partial charge in [-0.15, -0.1) is 11.3 Å². The van der Waals surface area contributed by atoms with Crippen molar-refractivity contribution in [3.63, 3.8) is 0 Å². The van der Waals surface area contributed by atoms with Crippen molar-refractivity contribution in [2.45, 2.75) is 20.8 Å². The number of thiazole rings is 1. The lowest BCUT2D eigenvalue weighted by Gasteiger charge is -2.06. The average molecular weight is 326 g/mol. The Morgan fingerprint density at radius 3 is 2.39 bits per heavy atom. The Labute approximate surface area is 139 Å². The molecule has 2 aromatic heterocycles. The maximum atomic E-state index is 12.5. The molecule has 0 fully saturated rings. The molecular weight excluding hydrogens is 308 g/mol. The van der Waals surface area contributed by atoms with Crippen LogP contribution < -0.4 is 5.32 Å². The minimum absolute atomic E-state index is 0.134. The molecule has 118 valence electrons. The Hall–Kier alpha value is -2.47. The highest BCUT2D eigenvalue weighted by Gasteiger charge is 2.17. The van der Waals surface area contributed by atoms with Crippen LogP contribution in [0.1, 0.15) is 26.8 Å². The molecular formula is C17H18N4OS. The van der Waals surface area contributed by atoms with Crippen molar-refractivity contribution >= 4 is 22.9 Å². The summed E-state index contributed by atoms with van der Waals surface area (Å²) >= 11 is 1.63. The summed E-state index contributed by atoms with van der Waals surface area (Å²) in [5, 5.41) is 10.3. The number of hydrogen-bond acceptors (Lipinski definition) is 4. The molecule has 0 bridgehead atoms. The van der Waals surface area contributed by atoms with Crippen molar-refractivity contribution in [2.75, 3.05) is 5.32 Å². The standard InChI is InChI=1S/C17H18N4OS/c1-10-16(11(2)21(4)20-10)17(22)19-14-7-5-13(6-8-14)15-9-23-12(3)18-15/h5-9H,1-4H3,(H,19,22). The number of aromatic nitrogens is 3. The van der Waals surface area contributed by atoms with Gasteiger partial charge in [-0.3, -0.25) is 9.48 Å². The second kappa shape index (κ2) is 5.96. The van der Waals surface area contributed by atoms with E-state index in [2.05, 4.69) is 15.4 Å². The number of rotatable bonds is 3. The first-order valence-corrected chi connectivity index (χ1v) is 8.18. The second-order valence-electron chi connectivity index (χ2n) is 5.45. The van der Waals surface area contributed by atoms with Crippen LogP contribution in [-0.4, -0.2) is 20.7 Å². The van der Waals surface area contributed by atoms with E-state index in [9.17, 15) is 4.79 Å². The van der Waals surface area contributed by atoms with Crippen molar-refractivity contribution in [1.82, 2.24) is 14.8 Å². The topological polar surface area (TPSA) is 59.8 Å². The van der Waals surface area contributed by atoms with Gasteiger partial charge in [-0.1, -0.05) is 12.1 Å². The fourth-order valence-electron chi connectivity index (χ4n) is 2.52. The largest absolute Gasteiger partial charge is 0.322 e. The van der Waals surface area contributed by atoms with Gasteiger partial charge >= 0.3 is 0 Å². The van der Waals surface area contributed by atoms with Crippen molar-refractivity contribution in [2.24, 2.45) is 7.05 Å². The number of anilines is 1. The van der Waals surface area contributed by atoms with Crippen LogP contribution >= 0.6 is 11.3 Å². The first-order valence-electron chi connectivity index (χ1n) is 7.30. The second-order valence-corrected chi connectivity index (χ2v) is 6.51. The van der Waals surface area contributed by atoms with E-state index in [1.54, 1.807) is 16.0 Å². The molecule has 0 unspecified atom stereocenters. The number of nitrogens with zero attached hydrogens (tertiary/aromatic N) is 3. The van der Waals surface area contributed by atoms with Gasteiger partial charge in [0.05, 0.1) is 22.0 Å². The van der Waals surface area contributed by atoms with Crippen LogP contribution in [0, 0.1) is 20.8 Å². The van der Waals surface area contributed by atoms with Gasteiger partial charge in [-0.25, -0.2) is 4.98 Å². The van der Waals surface area contributed by atoms with E-state index < -0.39 is 0 Å². The molecule has 5 nitrogen and oxygen atoms in total. The van der Waals surface area contributed by atoms with Crippen LogP contribution in [0.2, 0.25) is 0 Å². The van der Waals surface area contributed by atoms with E-state index in [-0.39, 0.29) is 5.91 Å². The summed E-state index contributed by atoms with van der Waals surface area (Å²) in [5.74, 6) is -0.134. The first kappa shape index (κ1) is 15.4. The van der Waals surface area contributed by atoms with Gasteiger partial charge < -0.3 is 5.32 Å². The van der Waals surface area contributed by atoms with Gasteiger partial charge in [0.2, 0.25) is 0 Å². The number of hydrogen-bond donors (Lipinski definition) is 1. The van der Waals surface area contributed by atoms with Gasteiger partial charge in [0.25, 0.3) is 5.91 Å². The predicted octanol–water partition coefficient (Wildman–Crippen LogP) is 3.72. The van der Waals surface area contributed by atoms with Gasteiger partial charge in [-0.05, 0) is 32.9 Å². The van der Waals surface area contributed by atoms with Crippen LogP contribution in [0.5, 0.6) is 0 Å². The molecule has 2 heterocycles. The lowest BCUT2D eigenvalue weighted by Crippen LogP contribution is -2.14. The summed E-state index contributed by atoms with van der Waals surface area (Å²) in [4.78, 5) is 16.9. The van der Waals surface area contributed by atoms with E-state index in [1.807, 2.05) is 57.5 Å². The lowest BCUT2D eigenvalue weighted by atomic mass is 10.1. The summed E-state index contributed by atoms with van der Waals surface area (Å²) in [6.45, 7) is 5.72. The fourth-order valence-corrected chi connectivity index (χ4v) is 3.14. The quantitative estimate of drug-likeness (QED) is 0.798. The van der Waals surface area contributed by atoms with E-state index in [4.69, 9.17) is 0 Å². The molecule has 1 N–H and O–H groups in total. The van der Waals surface area contributed by atoms with Crippen LogP contribution in [-0.2, 0) is 7.05 Å². The van der Waals surface area contributed by atoms with E-state index >= 15 is 0 Å². The molecule has 0 radical (unpaired) electrons. The minimum Gasteiger partial charge on any atom is -0.322 e.